The first-order valence-corrected chi connectivity index (χ1v) is 7.17. The van der Waals surface area contributed by atoms with Crippen molar-refractivity contribution >= 4 is 17.3 Å². The van der Waals surface area contributed by atoms with E-state index in [2.05, 4.69) is 5.10 Å². The largest absolute Gasteiger partial charge is 0.396 e. The lowest BCUT2D eigenvalue weighted by Gasteiger charge is -2.06. The number of anilines is 1. The predicted octanol–water partition coefficient (Wildman–Crippen LogP) is 3.82. The standard InChI is InChI=1S/C15H18ClN3/c16-13-7-5-11(6-8-13)9-19-10-14(17)15(18-19)12-3-1-2-4-12/h5-8,10,12H,1-4,9,17H2. The second-order valence-corrected chi connectivity index (χ2v) is 5.71. The molecule has 0 bridgehead atoms. The van der Waals surface area contributed by atoms with Crippen LogP contribution in [-0.4, -0.2) is 9.78 Å². The van der Waals surface area contributed by atoms with E-state index in [1.54, 1.807) is 0 Å². The third-order valence-electron chi connectivity index (χ3n) is 3.82. The summed E-state index contributed by atoms with van der Waals surface area (Å²) in [5.74, 6) is 0.562. The van der Waals surface area contributed by atoms with Crippen LogP contribution in [0.3, 0.4) is 0 Å². The molecule has 0 aliphatic heterocycles. The van der Waals surface area contributed by atoms with Crippen molar-refractivity contribution < 1.29 is 0 Å². The first-order valence-electron chi connectivity index (χ1n) is 6.79. The predicted molar refractivity (Wildman–Crippen MR) is 78.4 cm³/mol. The van der Waals surface area contributed by atoms with Crippen LogP contribution in [0.5, 0.6) is 0 Å². The molecule has 0 spiro atoms. The molecule has 1 aliphatic carbocycles. The summed E-state index contributed by atoms with van der Waals surface area (Å²) >= 11 is 5.89. The first-order chi connectivity index (χ1) is 9.22. The SMILES string of the molecule is Nc1cn(Cc2ccc(Cl)cc2)nc1C1CCCC1. The van der Waals surface area contributed by atoms with Crippen molar-refractivity contribution in [3.05, 3.63) is 46.7 Å². The second kappa shape index (κ2) is 5.25. The number of benzene rings is 1. The third-order valence-corrected chi connectivity index (χ3v) is 4.07. The Kier molecular flexibility index (Phi) is 3.47. The van der Waals surface area contributed by atoms with Crippen LogP contribution >= 0.6 is 11.6 Å². The normalized spacial score (nSPS) is 16.1. The Balaban J connectivity index is 1.78. The zero-order valence-corrected chi connectivity index (χ0v) is 11.6. The van der Waals surface area contributed by atoms with Crippen molar-refractivity contribution in [1.82, 2.24) is 9.78 Å². The van der Waals surface area contributed by atoms with Gasteiger partial charge in [0.25, 0.3) is 0 Å². The van der Waals surface area contributed by atoms with Gasteiger partial charge < -0.3 is 5.73 Å². The smallest absolute Gasteiger partial charge is 0.0884 e. The Hall–Kier alpha value is -1.48. The summed E-state index contributed by atoms with van der Waals surface area (Å²) in [5, 5.41) is 5.43. The zero-order chi connectivity index (χ0) is 13.2. The lowest BCUT2D eigenvalue weighted by atomic mass is 10.0. The number of aromatic nitrogens is 2. The van der Waals surface area contributed by atoms with E-state index in [0.717, 1.165) is 22.9 Å². The van der Waals surface area contributed by atoms with Crippen molar-refractivity contribution in [2.45, 2.75) is 38.1 Å². The molecule has 0 amide bonds. The molecule has 2 aromatic rings. The molecule has 1 aliphatic rings. The van der Waals surface area contributed by atoms with Gasteiger partial charge in [0.1, 0.15) is 0 Å². The van der Waals surface area contributed by atoms with Crippen molar-refractivity contribution in [1.29, 1.82) is 0 Å². The fourth-order valence-corrected chi connectivity index (χ4v) is 2.95. The van der Waals surface area contributed by atoms with Crippen molar-refractivity contribution in [3.8, 4) is 0 Å². The molecule has 2 N–H and O–H groups in total. The highest BCUT2D eigenvalue weighted by molar-refractivity contribution is 6.30. The number of nitrogen functional groups attached to an aromatic ring is 1. The highest BCUT2D eigenvalue weighted by atomic mass is 35.5. The van der Waals surface area contributed by atoms with Crippen LogP contribution in [0.15, 0.2) is 30.5 Å². The van der Waals surface area contributed by atoms with Crippen LogP contribution in [-0.2, 0) is 6.54 Å². The topological polar surface area (TPSA) is 43.8 Å². The molecule has 0 radical (unpaired) electrons. The van der Waals surface area contributed by atoms with E-state index in [1.165, 1.54) is 31.2 Å². The molecule has 1 fully saturated rings. The van der Waals surface area contributed by atoms with Gasteiger partial charge in [0.15, 0.2) is 0 Å². The summed E-state index contributed by atoms with van der Waals surface area (Å²) in [6.45, 7) is 0.744. The quantitative estimate of drug-likeness (QED) is 0.925. The van der Waals surface area contributed by atoms with Crippen LogP contribution in [0.2, 0.25) is 5.02 Å². The fourth-order valence-electron chi connectivity index (χ4n) is 2.83. The highest BCUT2D eigenvalue weighted by Crippen LogP contribution is 2.35. The van der Waals surface area contributed by atoms with Gasteiger partial charge in [-0.05, 0) is 30.5 Å². The maximum Gasteiger partial charge on any atom is 0.0884 e. The summed E-state index contributed by atoms with van der Waals surface area (Å²) in [6, 6.07) is 7.86. The lowest BCUT2D eigenvalue weighted by molar-refractivity contribution is 0.629. The Bertz CT molecular complexity index is 553. The zero-order valence-electron chi connectivity index (χ0n) is 10.8. The molecular weight excluding hydrogens is 258 g/mol. The third kappa shape index (κ3) is 2.76. The van der Waals surface area contributed by atoms with Crippen LogP contribution < -0.4 is 5.73 Å². The van der Waals surface area contributed by atoms with Crippen molar-refractivity contribution in [2.75, 3.05) is 5.73 Å². The van der Waals surface area contributed by atoms with Crippen molar-refractivity contribution in [3.63, 3.8) is 0 Å². The van der Waals surface area contributed by atoms with E-state index in [1.807, 2.05) is 35.1 Å². The van der Waals surface area contributed by atoms with Crippen LogP contribution in [0.1, 0.15) is 42.9 Å². The van der Waals surface area contributed by atoms with E-state index >= 15 is 0 Å². The van der Waals surface area contributed by atoms with Crippen LogP contribution in [0, 0.1) is 0 Å². The minimum atomic E-state index is 0.562. The molecule has 1 aromatic carbocycles. The molecular formula is C15H18ClN3. The van der Waals surface area contributed by atoms with E-state index in [4.69, 9.17) is 17.3 Å². The van der Waals surface area contributed by atoms with Crippen LogP contribution in [0.25, 0.3) is 0 Å². The maximum absolute atomic E-state index is 6.09. The Morgan fingerprint density at radius 3 is 2.58 bits per heavy atom. The first kappa shape index (κ1) is 12.5. The molecule has 4 heteroatoms. The molecule has 0 saturated heterocycles. The van der Waals surface area contributed by atoms with Gasteiger partial charge in [0.2, 0.25) is 0 Å². The second-order valence-electron chi connectivity index (χ2n) is 5.28. The van der Waals surface area contributed by atoms with Crippen LogP contribution in [0.4, 0.5) is 5.69 Å². The number of rotatable bonds is 3. The lowest BCUT2D eigenvalue weighted by Crippen LogP contribution is -2.02. The van der Waals surface area contributed by atoms with E-state index < -0.39 is 0 Å². The number of hydrogen-bond acceptors (Lipinski definition) is 2. The van der Waals surface area contributed by atoms with Gasteiger partial charge in [-0.15, -0.1) is 0 Å². The molecule has 1 heterocycles. The van der Waals surface area contributed by atoms with Gasteiger partial charge in [-0.2, -0.15) is 5.10 Å². The monoisotopic (exact) mass is 275 g/mol. The minimum Gasteiger partial charge on any atom is -0.396 e. The summed E-state index contributed by atoms with van der Waals surface area (Å²) < 4.78 is 1.94. The van der Waals surface area contributed by atoms with E-state index in [0.29, 0.717) is 5.92 Å². The summed E-state index contributed by atoms with van der Waals surface area (Å²) in [4.78, 5) is 0. The minimum absolute atomic E-state index is 0.562. The fraction of sp³-hybridized carbons (Fsp3) is 0.400. The summed E-state index contributed by atoms with van der Waals surface area (Å²) in [6.07, 6.45) is 6.99. The Morgan fingerprint density at radius 2 is 1.89 bits per heavy atom. The van der Waals surface area contributed by atoms with Gasteiger partial charge in [-0.25, -0.2) is 0 Å². The number of halogens is 1. The average molecular weight is 276 g/mol. The summed E-state index contributed by atoms with van der Waals surface area (Å²) in [5.41, 5.74) is 9.20. The average Bonchev–Trinajstić information content (AvgIpc) is 3.01. The van der Waals surface area contributed by atoms with Gasteiger partial charge in [-0.3, -0.25) is 4.68 Å². The number of nitrogens with two attached hydrogens (primary N) is 1. The number of nitrogens with zero attached hydrogens (tertiary/aromatic N) is 2. The number of hydrogen-bond donors (Lipinski definition) is 1. The molecule has 3 rings (SSSR count). The van der Waals surface area contributed by atoms with Crippen molar-refractivity contribution in [2.24, 2.45) is 0 Å². The Labute approximate surface area is 118 Å². The van der Waals surface area contributed by atoms with E-state index in [9.17, 15) is 0 Å². The highest BCUT2D eigenvalue weighted by Gasteiger charge is 2.22. The van der Waals surface area contributed by atoms with Gasteiger partial charge >= 0.3 is 0 Å². The molecule has 1 saturated carbocycles. The molecule has 100 valence electrons. The molecule has 0 unspecified atom stereocenters. The molecule has 19 heavy (non-hydrogen) atoms. The van der Waals surface area contributed by atoms with Gasteiger partial charge in [-0.1, -0.05) is 36.6 Å². The molecule has 0 atom stereocenters. The Morgan fingerprint density at radius 1 is 1.21 bits per heavy atom. The van der Waals surface area contributed by atoms with E-state index in [-0.39, 0.29) is 0 Å². The van der Waals surface area contributed by atoms with Gasteiger partial charge in [0, 0.05) is 17.1 Å². The van der Waals surface area contributed by atoms with Gasteiger partial charge in [0.05, 0.1) is 17.9 Å². The summed E-state index contributed by atoms with van der Waals surface area (Å²) in [7, 11) is 0. The molecule has 3 nitrogen and oxygen atoms in total. The molecule has 1 aromatic heterocycles. The maximum atomic E-state index is 6.09.